The minimum atomic E-state index is -0.508. The predicted molar refractivity (Wildman–Crippen MR) is 74.5 cm³/mol. The summed E-state index contributed by atoms with van der Waals surface area (Å²) in [6, 6.07) is 5.43. The number of amides is 1. The number of hydrogen-bond acceptors (Lipinski definition) is 3. The normalized spacial score (nSPS) is 11.7. The Labute approximate surface area is 112 Å². The third kappa shape index (κ3) is 4.62. The summed E-state index contributed by atoms with van der Waals surface area (Å²) in [4.78, 5) is 14.2. The zero-order chi connectivity index (χ0) is 14.3. The highest BCUT2D eigenvalue weighted by atomic mass is 16.1. The number of nitrogens with one attached hydrogen (secondary N) is 1. The zero-order valence-corrected chi connectivity index (χ0v) is 11.3. The first kappa shape index (κ1) is 15.0. The zero-order valence-electron chi connectivity index (χ0n) is 11.3. The van der Waals surface area contributed by atoms with Crippen molar-refractivity contribution >= 4 is 5.91 Å². The van der Waals surface area contributed by atoms with Crippen molar-refractivity contribution in [1.29, 1.82) is 0 Å². The maximum absolute atomic E-state index is 11.6. The van der Waals surface area contributed by atoms with E-state index in [2.05, 4.69) is 15.3 Å². The molecule has 3 N–H and O–H groups in total. The summed E-state index contributed by atoms with van der Waals surface area (Å²) in [6.07, 6.45) is 0.665. The van der Waals surface area contributed by atoms with Gasteiger partial charge >= 0.3 is 0 Å². The first-order chi connectivity index (χ1) is 9.06. The second-order valence-electron chi connectivity index (χ2n) is 4.46. The summed E-state index contributed by atoms with van der Waals surface area (Å²) in [7, 11) is 0. The number of aryl methyl sites for hydroxylation is 2. The van der Waals surface area contributed by atoms with Gasteiger partial charge in [0, 0.05) is 11.5 Å². The molecule has 19 heavy (non-hydrogen) atoms. The van der Waals surface area contributed by atoms with Crippen LogP contribution in [0.2, 0.25) is 0 Å². The first-order valence-corrected chi connectivity index (χ1v) is 6.17. The number of carbonyl (C=O) groups excluding carboxylic acids is 1. The van der Waals surface area contributed by atoms with E-state index in [-0.39, 0.29) is 0 Å². The monoisotopic (exact) mass is 261 g/mol. The lowest BCUT2D eigenvalue weighted by Gasteiger charge is -2.18. The van der Waals surface area contributed by atoms with Gasteiger partial charge in [-0.2, -0.15) is 0 Å². The number of nitrogens with zero attached hydrogens (tertiary/aromatic N) is 3. The highest BCUT2D eigenvalue weighted by molar-refractivity contribution is 5.82. The number of azide groups is 1. The van der Waals surface area contributed by atoms with Crippen molar-refractivity contribution in [3.8, 4) is 0 Å². The molecule has 0 heterocycles. The van der Waals surface area contributed by atoms with Crippen LogP contribution in [-0.2, 0) is 4.79 Å². The molecule has 102 valence electrons. The van der Waals surface area contributed by atoms with E-state index in [1.54, 1.807) is 0 Å². The van der Waals surface area contributed by atoms with Gasteiger partial charge < -0.3 is 11.1 Å². The van der Waals surface area contributed by atoms with Crippen LogP contribution in [0.25, 0.3) is 10.4 Å². The smallest absolute Gasteiger partial charge is 0.239 e. The molecular formula is C13H19N5O. The van der Waals surface area contributed by atoms with Crippen LogP contribution < -0.4 is 11.1 Å². The van der Waals surface area contributed by atoms with E-state index in [0.717, 1.165) is 16.7 Å². The molecule has 1 amide bonds. The molecule has 0 spiro atoms. The average Bonchev–Trinajstić information content (AvgIpc) is 2.37. The Bertz CT molecular complexity index is 494. The lowest BCUT2D eigenvalue weighted by molar-refractivity contribution is -0.120. The minimum Gasteiger partial charge on any atom is -0.368 e. The number of rotatable bonds is 7. The van der Waals surface area contributed by atoms with Crippen LogP contribution >= 0.6 is 0 Å². The van der Waals surface area contributed by atoms with Gasteiger partial charge in [0.2, 0.25) is 5.91 Å². The minimum absolute atomic E-state index is 0.405. The predicted octanol–water partition coefficient (Wildman–Crippen LogP) is 2.12. The van der Waals surface area contributed by atoms with Crippen molar-refractivity contribution in [3.63, 3.8) is 0 Å². The first-order valence-electron chi connectivity index (χ1n) is 6.17. The molecular weight excluding hydrogens is 242 g/mol. The molecule has 0 aromatic heterocycles. The van der Waals surface area contributed by atoms with E-state index in [1.165, 1.54) is 0 Å². The van der Waals surface area contributed by atoms with Crippen LogP contribution in [0.3, 0.4) is 0 Å². The molecule has 0 aliphatic heterocycles. The summed E-state index contributed by atoms with van der Waals surface area (Å²) < 4.78 is 0. The molecule has 6 nitrogen and oxygen atoms in total. The van der Waals surface area contributed by atoms with Gasteiger partial charge in [0.25, 0.3) is 0 Å². The molecule has 0 saturated heterocycles. The van der Waals surface area contributed by atoms with Crippen LogP contribution in [0.4, 0.5) is 0 Å². The maximum Gasteiger partial charge on any atom is 0.239 e. The number of hydrogen-bond donors (Lipinski definition) is 2. The van der Waals surface area contributed by atoms with E-state index in [0.29, 0.717) is 19.5 Å². The molecule has 1 aromatic carbocycles. The molecule has 0 bridgehead atoms. The second-order valence-corrected chi connectivity index (χ2v) is 4.46. The Balaban J connectivity index is 2.74. The fourth-order valence-electron chi connectivity index (χ4n) is 1.88. The fraction of sp³-hybridized carbons (Fsp3) is 0.462. The van der Waals surface area contributed by atoms with Gasteiger partial charge in [-0.15, -0.1) is 0 Å². The SMILES string of the molecule is Cc1ccc(C)c(C(NCCCN=[N+]=[N-])C(N)=O)c1. The van der Waals surface area contributed by atoms with Gasteiger partial charge in [-0.25, -0.2) is 0 Å². The summed E-state index contributed by atoms with van der Waals surface area (Å²) in [5.41, 5.74) is 16.6. The molecule has 1 rings (SSSR count). The fourth-order valence-corrected chi connectivity index (χ4v) is 1.88. The van der Waals surface area contributed by atoms with Gasteiger partial charge in [0.15, 0.2) is 0 Å². The van der Waals surface area contributed by atoms with E-state index in [9.17, 15) is 4.79 Å². The second kappa shape index (κ2) is 7.41. The standard InChI is InChI=1S/C13H19N5O/c1-9-4-5-10(2)11(8-9)12(13(14)19)16-6-3-7-17-18-15/h4-5,8,12,16H,3,6-7H2,1-2H3,(H2,14,19). The van der Waals surface area contributed by atoms with Crippen molar-refractivity contribution in [1.82, 2.24) is 5.32 Å². The Hall–Kier alpha value is -2.04. The Kier molecular flexibility index (Phi) is 5.85. The van der Waals surface area contributed by atoms with Crippen molar-refractivity contribution in [2.45, 2.75) is 26.3 Å². The number of nitrogens with two attached hydrogens (primary N) is 1. The summed E-state index contributed by atoms with van der Waals surface area (Å²) in [6.45, 7) is 4.90. The van der Waals surface area contributed by atoms with E-state index >= 15 is 0 Å². The molecule has 6 heteroatoms. The molecule has 0 aliphatic carbocycles. The van der Waals surface area contributed by atoms with Crippen molar-refractivity contribution in [2.24, 2.45) is 10.8 Å². The van der Waals surface area contributed by atoms with Gasteiger partial charge in [-0.05, 0) is 43.5 Å². The lowest BCUT2D eigenvalue weighted by Crippen LogP contribution is -2.35. The third-order valence-electron chi connectivity index (χ3n) is 2.88. The topological polar surface area (TPSA) is 104 Å². The highest BCUT2D eigenvalue weighted by Crippen LogP contribution is 2.19. The van der Waals surface area contributed by atoms with Crippen LogP contribution in [0, 0.1) is 13.8 Å². The molecule has 0 radical (unpaired) electrons. The van der Waals surface area contributed by atoms with Gasteiger partial charge in [-0.3, -0.25) is 4.79 Å². The van der Waals surface area contributed by atoms with Crippen LogP contribution in [0.5, 0.6) is 0 Å². The number of primary amides is 1. The number of carbonyl (C=O) groups is 1. The Morgan fingerprint density at radius 2 is 2.26 bits per heavy atom. The highest BCUT2D eigenvalue weighted by Gasteiger charge is 2.18. The van der Waals surface area contributed by atoms with Gasteiger partial charge in [-0.1, -0.05) is 28.9 Å². The third-order valence-corrected chi connectivity index (χ3v) is 2.88. The maximum atomic E-state index is 11.6. The van der Waals surface area contributed by atoms with Gasteiger partial charge in [0.1, 0.15) is 6.04 Å². The molecule has 0 aliphatic rings. The molecule has 1 unspecified atom stereocenters. The summed E-state index contributed by atoms with van der Waals surface area (Å²) >= 11 is 0. The lowest BCUT2D eigenvalue weighted by atomic mass is 9.98. The van der Waals surface area contributed by atoms with Gasteiger partial charge in [0.05, 0.1) is 0 Å². The number of benzene rings is 1. The van der Waals surface area contributed by atoms with E-state index in [1.807, 2.05) is 32.0 Å². The van der Waals surface area contributed by atoms with Crippen LogP contribution in [-0.4, -0.2) is 19.0 Å². The largest absolute Gasteiger partial charge is 0.368 e. The van der Waals surface area contributed by atoms with E-state index < -0.39 is 11.9 Å². The quantitative estimate of drug-likeness (QED) is 0.339. The Morgan fingerprint density at radius 1 is 1.53 bits per heavy atom. The van der Waals surface area contributed by atoms with Crippen LogP contribution in [0.1, 0.15) is 29.2 Å². The average molecular weight is 261 g/mol. The molecule has 1 aromatic rings. The van der Waals surface area contributed by atoms with Crippen molar-refractivity contribution in [3.05, 3.63) is 45.3 Å². The molecule has 0 saturated carbocycles. The van der Waals surface area contributed by atoms with E-state index in [4.69, 9.17) is 11.3 Å². The molecule has 1 atom stereocenters. The van der Waals surface area contributed by atoms with Crippen molar-refractivity contribution in [2.75, 3.05) is 13.1 Å². The molecule has 0 fully saturated rings. The summed E-state index contributed by atoms with van der Waals surface area (Å²) in [5, 5.41) is 6.55. The Morgan fingerprint density at radius 3 is 2.89 bits per heavy atom. The summed E-state index contributed by atoms with van der Waals surface area (Å²) in [5.74, 6) is -0.405. The van der Waals surface area contributed by atoms with Crippen LogP contribution in [0.15, 0.2) is 23.3 Å². The van der Waals surface area contributed by atoms with Crippen molar-refractivity contribution < 1.29 is 4.79 Å².